The summed E-state index contributed by atoms with van der Waals surface area (Å²) in [5, 5.41) is 7.03. The molecule has 2 aromatic rings. The first kappa shape index (κ1) is 23.4. The average Bonchev–Trinajstić information content (AvgIpc) is 2.85. The van der Waals surface area contributed by atoms with Crippen LogP contribution >= 0.6 is 12.2 Å². The van der Waals surface area contributed by atoms with Crippen molar-refractivity contribution < 1.29 is 9.18 Å². The molecule has 176 valence electrons. The van der Waals surface area contributed by atoms with Crippen molar-refractivity contribution in [3.8, 4) is 0 Å². The second-order valence-electron chi connectivity index (χ2n) is 8.61. The van der Waals surface area contributed by atoms with E-state index in [2.05, 4.69) is 33.4 Å². The van der Waals surface area contributed by atoms with E-state index >= 15 is 0 Å². The predicted octanol–water partition coefficient (Wildman–Crippen LogP) is 3.56. The maximum absolute atomic E-state index is 13.3. The van der Waals surface area contributed by atoms with Gasteiger partial charge in [0.1, 0.15) is 5.82 Å². The number of para-hydroxylation sites is 1. The molecule has 0 atom stereocenters. The van der Waals surface area contributed by atoms with Crippen molar-refractivity contribution in [2.75, 3.05) is 56.0 Å². The maximum atomic E-state index is 13.3. The lowest BCUT2D eigenvalue weighted by Crippen LogP contribution is -2.49. The van der Waals surface area contributed by atoms with E-state index in [4.69, 9.17) is 12.2 Å². The highest BCUT2D eigenvalue weighted by molar-refractivity contribution is 7.80. The number of likely N-dealkylation sites (N-methyl/N-ethyl adjacent to an activating group) is 1. The van der Waals surface area contributed by atoms with E-state index in [1.54, 1.807) is 12.1 Å². The first-order valence-corrected chi connectivity index (χ1v) is 12.1. The van der Waals surface area contributed by atoms with Crippen molar-refractivity contribution in [1.82, 2.24) is 15.1 Å². The molecule has 8 heteroatoms. The molecule has 2 fully saturated rings. The van der Waals surface area contributed by atoms with Gasteiger partial charge in [-0.15, -0.1) is 0 Å². The highest BCUT2D eigenvalue weighted by Gasteiger charge is 2.27. The first-order valence-electron chi connectivity index (χ1n) is 11.7. The van der Waals surface area contributed by atoms with Gasteiger partial charge in [-0.05, 0) is 68.0 Å². The molecular formula is C25H32FN5OS. The zero-order valence-corrected chi connectivity index (χ0v) is 19.9. The van der Waals surface area contributed by atoms with Gasteiger partial charge >= 0.3 is 0 Å². The highest BCUT2D eigenvalue weighted by atomic mass is 32.1. The number of halogens is 1. The van der Waals surface area contributed by atoms with E-state index in [9.17, 15) is 9.18 Å². The van der Waals surface area contributed by atoms with E-state index < -0.39 is 0 Å². The Hall–Kier alpha value is -2.71. The molecule has 0 saturated carbocycles. The van der Waals surface area contributed by atoms with Crippen molar-refractivity contribution in [3.63, 3.8) is 0 Å². The minimum Gasteiger partial charge on any atom is -0.371 e. The van der Waals surface area contributed by atoms with Crippen LogP contribution in [0.2, 0.25) is 0 Å². The molecule has 2 aliphatic heterocycles. The summed E-state index contributed by atoms with van der Waals surface area (Å²) in [6, 6.07) is 14.4. The highest BCUT2D eigenvalue weighted by Crippen LogP contribution is 2.26. The van der Waals surface area contributed by atoms with Crippen LogP contribution < -0.4 is 15.5 Å². The number of hydrogen-bond donors (Lipinski definition) is 2. The maximum Gasteiger partial charge on any atom is 0.256 e. The van der Waals surface area contributed by atoms with Crippen LogP contribution in [-0.4, -0.2) is 72.7 Å². The molecule has 2 aliphatic rings. The predicted molar refractivity (Wildman–Crippen MR) is 135 cm³/mol. The van der Waals surface area contributed by atoms with Gasteiger partial charge in [-0.3, -0.25) is 4.79 Å². The number of carbonyl (C=O) groups excluding carboxylic acids is 1. The Morgan fingerprint density at radius 1 is 1.00 bits per heavy atom. The SMILES string of the molecule is CCN1CCN(C(=O)c2ccccc2N2CCC(NC(=S)Nc3ccc(F)cc3)CC2)CC1. The van der Waals surface area contributed by atoms with Crippen LogP contribution in [0.15, 0.2) is 48.5 Å². The average molecular weight is 470 g/mol. The van der Waals surface area contributed by atoms with E-state index in [-0.39, 0.29) is 17.8 Å². The van der Waals surface area contributed by atoms with Crippen molar-refractivity contribution in [2.45, 2.75) is 25.8 Å². The molecule has 2 saturated heterocycles. The third kappa shape index (κ3) is 6.00. The summed E-state index contributed by atoms with van der Waals surface area (Å²) in [6.45, 7) is 8.34. The molecule has 4 rings (SSSR count). The number of carbonyl (C=O) groups is 1. The normalized spacial score (nSPS) is 17.6. The number of piperazine rings is 1. The van der Waals surface area contributed by atoms with Crippen LogP contribution in [0, 0.1) is 5.82 Å². The quantitative estimate of drug-likeness (QED) is 0.653. The number of nitrogens with zero attached hydrogens (tertiary/aromatic N) is 3. The Labute approximate surface area is 200 Å². The van der Waals surface area contributed by atoms with Gasteiger partial charge in [0.05, 0.1) is 5.56 Å². The van der Waals surface area contributed by atoms with E-state index in [1.165, 1.54) is 12.1 Å². The number of amides is 1. The van der Waals surface area contributed by atoms with Crippen LogP contribution in [0.5, 0.6) is 0 Å². The fraction of sp³-hybridized carbons (Fsp3) is 0.440. The Morgan fingerprint density at radius 2 is 1.67 bits per heavy atom. The van der Waals surface area contributed by atoms with Gasteiger partial charge in [-0.1, -0.05) is 19.1 Å². The van der Waals surface area contributed by atoms with Gasteiger partial charge in [-0.25, -0.2) is 4.39 Å². The van der Waals surface area contributed by atoms with Crippen molar-refractivity contribution in [2.24, 2.45) is 0 Å². The monoisotopic (exact) mass is 469 g/mol. The zero-order chi connectivity index (χ0) is 23.2. The molecule has 6 nitrogen and oxygen atoms in total. The lowest BCUT2D eigenvalue weighted by molar-refractivity contribution is 0.0644. The summed E-state index contributed by atoms with van der Waals surface area (Å²) in [5.74, 6) is -0.139. The second-order valence-corrected chi connectivity index (χ2v) is 9.02. The van der Waals surface area contributed by atoms with Gasteiger partial charge in [-0.2, -0.15) is 0 Å². The number of thiocarbonyl (C=S) groups is 1. The van der Waals surface area contributed by atoms with Crippen LogP contribution in [0.1, 0.15) is 30.1 Å². The Bertz CT molecular complexity index is 954. The number of hydrogen-bond acceptors (Lipinski definition) is 4. The van der Waals surface area contributed by atoms with Gasteiger partial charge in [0.15, 0.2) is 5.11 Å². The summed E-state index contributed by atoms with van der Waals surface area (Å²) in [4.78, 5) is 20.0. The summed E-state index contributed by atoms with van der Waals surface area (Å²) >= 11 is 5.43. The molecule has 0 aromatic heterocycles. The molecule has 2 heterocycles. The Morgan fingerprint density at radius 3 is 2.33 bits per heavy atom. The summed E-state index contributed by atoms with van der Waals surface area (Å²) < 4.78 is 13.1. The molecule has 0 aliphatic carbocycles. The molecular weight excluding hydrogens is 437 g/mol. The number of rotatable bonds is 5. The third-order valence-corrected chi connectivity index (χ3v) is 6.73. The smallest absolute Gasteiger partial charge is 0.256 e. The summed E-state index contributed by atoms with van der Waals surface area (Å²) in [5.41, 5.74) is 2.58. The second kappa shape index (κ2) is 10.9. The molecule has 0 unspecified atom stereocenters. The van der Waals surface area contributed by atoms with E-state index in [0.29, 0.717) is 5.11 Å². The van der Waals surface area contributed by atoms with Gasteiger partial charge in [0.25, 0.3) is 5.91 Å². The van der Waals surface area contributed by atoms with E-state index in [1.807, 2.05) is 23.1 Å². The van der Waals surface area contributed by atoms with Gasteiger partial charge in [0.2, 0.25) is 0 Å². The van der Waals surface area contributed by atoms with Gasteiger partial charge in [0, 0.05) is 56.7 Å². The number of nitrogens with one attached hydrogen (secondary N) is 2. The molecule has 33 heavy (non-hydrogen) atoms. The third-order valence-electron chi connectivity index (χ3n) is 6.51. The molecule has 1 amide bonds. The summed E-state index contributed by atoms with van der Waals surface area (Å²) in [6.07, 6.45) is 1.84. The number of piperidine rings is 1. The molecule has 2 aromatic carbocycles. The zero-order valence-electron chi connectivity index (χ0n) is 19.1. The molecule has 0 bridgehead atoms. The van der Waals surface area contributed by atoms with Gasteiger partial charge < -0.3 is 25.3 Å². The number of benzene rings is 2. The minimum atomic E-state index is -0.270. The van der Waals surface area contributed by atoms with Crippen molar-refractivity contribution in [1.29, 1.82) is 0 Å². The standard InChI is InChI=1S/C25H32FN5OS/c1-2-29-15-17-31(18-16-29)24(32)22-5-3-4-6-23(22)30-13-11-21(12-14-30)28-25(33)27-20-9-7-19(26)8-10-20/h3-10,21H,2,11-18H2,1H3,(H2,27,28,33). The van der Waals surface area contributed by atoms with Crippen molar-refractivity contribution in [3.05, 3.63) is 59.9 Å². The summed E-state index contributed by atoms with van der Waals surface area (Å²) in [7, 11) is 0. The Kier molecular flexibility index (Phi) is 7.77. The largest absolute Gasteiger partial charge is 0.371 e. The molecule has 2 N–H and O–H groups in total. The van der Waals surface area contributed by atoms with Crippen LogP contribution in [0.25, 0.3) is 0 Å². The van der Waals surface area contributed by atoms with Crippen LogP contribution in [0.3, 0.4) is 0 Å². The van der Waals surface area contributed by atoms with E-state index in [0.717, 1.165) is 75.6 Å². The lowest BCUT2D eigenvalue weighted by atomic mass is 10.0. The Balaban J connectivity index is 1.32. The number of anilines is 2. The van der Waals surface area contributed by atoms with Crippen molar-refractivity contribution >= 4 is 34.6 Å². The fourth-order valence-corrected chi connectivity index (χ4v) is 4.80. The molecule has 0 spiro atoms. The van der Waals surface area contributed by atoms with Crippen LogP contribution in [-0.2, 0) is 0 Å². The topological polar surface area (TPSA) is 50.9 Å². The minimum absolute atomic E-state index is 0.131. The van der Waals surface area contributed by atoms with Crippen LogP contribution in [0.4, 0.5) is 15.8 Å². The first-order chi connectivity index (χ1) is 16.0. The molecule has 0 radical (unpaired) electrons. The fourth-order valence-electron chi connectivity index (χ4n) is 4.52. The lowest BCUT2D eigenvalue weighted by Gasteiger charge is -2.37.